The van der Waals surface area contributed by atoms with Gasteiger partial charge < -0.3 is 14.1 Å². The molecule has 2 atom stereocenters. The van der Waals surface area contributed by atoms with E-state index in [0.717, 1.165) is 21.9 Å². The highest BCUT2D eigenvalue weighted by Crippen LogP contribution is 2.52. The summed E-state index contributed by atoms with van der Waals surface area (Å²) in [5.74, 6) is -0.623. The van der Waals surface area contributed by atoms with Crippen LogP contribution in [-0.2, 0) is 14.1 Å². The summed E-state index contributed by atoms with van der Waals surface area (Å²) in [6.07, 6.45) is 0.134. The van der Waals surface area contributed by atoms with E-state index < -0.39 is 19.1 Å². The normalized spacial score (nSPS) is 17.4. The number of hydrogen-bond donors (Lipinski definition) is 0. The first-order valence-electron chi connectivity index (χ1n) is 9.84. The van der Waals surface area contributed by atoms with Crippen LogP contribution in [0.1, 0.15) is 18.9 Å². The van der Waals surface area contributed by atoms with Crippen molar-refractivity contribution in [1.82, 2.24) is 0 Å². The second kappa shape index (κ2) is 8.77. The first-order chi connectivity index (χ1) is 14.2. The third-order valence-corrected chi connectivity index (χ3v) is 8.42. The number of oxime groups is 1. The van der Waals surface area contributed by atoms with Gasteiger partial charge in [0.25, 0.3) is 0 Å². The predicted molar refractivity (Wildman–Crippen MR) is 118 cm³/mol. The molecular formula is C24H24NO3P. The van der Waals surface area contributed by atoms with Gasteiger partial charge in [-0.05, 0) is 12.5 Å². The molecule has 0 saturated carbocycles. The summed E-state index contributed by atoms with van der Waals surface area (Å²) in [7, 11) is -3.14. The van der Waals surface area contributed by atoms with E-state index in [4.69, 9.17) is 9.57 Å². The van der Waals surface area contributed by atoms with E-state index in [2.05, 4.69) is 5.16 Å². The van der Waals surface area contributed by atoms with E-state index in [1.807, 2.05) is 97.9 Å². The Kier molecular flexibility index (Phi) is 5.94. The van der Waals surface area contributed by atoms with Crippen LogP contribution in [-0.4, -0.2) is 24.3 Å². The van der Waals surface area contributed by atoms with Crippen LogP contribution in [0.5, 0.6) is 0 Å². The molecule has 4 rings (SSSR count). The molecule has 1 aliphatic heterocycles. The molecule has 148 valence electrons. The molecule has 3 aromatic rings. The minimum atomic E-state index is -3.14. The third kappa shape index (κ3) is 3.91. The molecule has 0 N–H and O–H groups in total. The van der Waals surface area contributed by atoms with Crippen molar-refractivity contribution in [3.05, 3.63) is 96.6 Å². The molecule has 0 aromatic heterocycles. The molecule has 0 bridgehead atoms. The van der Waals surface area contributed by atoms with E-state index in [1.165, 1.54) is 0 Å². The van der Waals surface area contributed by atoms with Gasteiger partial charge in [-0.2, -0.15) is 0 Å². The van der Waals surface area contributed by atoms with Gasteiger partial charge in [0.15, 0.2) is 19.1 Å². The second-order valence-corrected chi connectivity index (χ2v) is 9.78. The van der Waals surface area contributed by atoms with Gasteiger partial charge in [-0.25, -0.2) is 0 Å². The molecule has 3 aromatic carbocycles. The van der Waals surface area contributed by atoms with Gasteiger partial charge in [0.2, 0.25) is 0 Å². The SMILES string of the molecule is CCO[C@H]([C@H]1CC(c2ccccc2)=NO1)P(=O)(c1ccccc1)c1ccccc1. The molecule has 29 heavy (non-hydrogen) atoms. The highest BCUT2D eigenvalue weighted by Gasteiger charge is 2.45. The molecule has 0 aliphatic carbocycles. The van der Waals surface area contributed by atoms with Crippen molar-refractivity contribution >= 4 is 23.5 Å². The lowest BCUT2D eigenvalue weighted by atomic mass is 10.1. The molecule has 4 nitrogen and oxygen atoms in total. The monoisotopic (exact) mass is 405 g/mol. The van der Waals surface area contributed by atoms with E-state index in [0.29, 0.717) is 13.0 Å². The average Bonchev–Trinajstić information content (AvgIpc) is 3.28. The van der Waals surface area contributed by atoms with Crippen molar-refractivity contribution in [3.8, 4) is 0 Å². The average molecular weight is 405 g/mol. The van der Waals surface area contributed by atoms with Gasteiger partial charge >= 0.3 is 0 Å². The van der Waals surface area contributed by atoms with Crippen LogP contribution in [0.4, 0.5) is 0 Å². The molecule has 1 aliphatic rings. The number of ether oxygens (including phenoxy) is 1. The van der Waals surface area contributed by atoms with Crippen molar-refractivity contribution in [3.63, 3.8) is 0 Å². The number of benzene rings is 3. The minimum Gasteiger partial charge on any atom is -0.388 e. The highest BCUT2D eigenvalue weighted by molar-refractivity contribution is 7.79. The van der Waals surface area contributed by atoms with Crippen LogP contribution in [0.3, 0.4) is 0 Å². The smallest absolute Gasteiger partial charge is 0.174 e. The first kappa shape index (κ1) is 19.6. The Morgan fingerprint density at radius 2 is 1.45 bits per heavy atom. The Bertz CT molecular complexity index is 963. The largest absolute Gasteiger partial charge is 0.388 e. The quantitative estimate of drug-likeness (QED) is 0.542. The van der Waals surface area contributed by atoms with Gasteiger partial charge in [0, 0.05) is 23.6 Å². The fourth-order valence-corrected chi connectivity index (χ4v) is 6.81. The topological polar surface area (TPSA) is 47.9 Å². The zero-order valence-electron chi connectivity index (χ0n) is 16.3. The molecule has 0 spiro atoms. The Hall–Kier alpha value is -2.68. The fourth-order valence-electron chi connectivity index (χ4n) is 3.71. The van der Waals surface area contributed by atoms with Crippen LogP contribution < -0.4 is 10.6 Å². The fraction of sp³-hybridized carbons (Fsp3) is 0.208. The summed E-state index contributed by atoms with van der Waals surface area (Å²) < 4.78 is 20.8. The molecule has 5 heteroatoms. The van der Waals surface area contributed by atoms with E-state index in [-0.39, 0.29) is 0 Å². The van der Waals surface area contributed by atoms with Crippen molar-refractivity contribution in [2.24, 2.45) is 5.16 Å². The number of nitrogens with zero attached hydrogens (tertiary/aromatic N) is 1. The van der Waals surface area contributed by atoms with Gasteiger partial charge in [-0.1, -0.05) is 96.2 Å². The molecule has 0 unspecified atom stereocenters. The minimum absolute atomic E-state index is 0.420. The van der Waals surface area contributed by atoms with E-state index >= 15 is 0 Å². The molecule has 0 saturated heterocycles. The molecule has 0 amide bonds. The second-order valence-electron chi connectivity index (χ2n) is 6.93. The lowest BCUT2D eigenvalue weighted by molar-refractivity contribution is -0.0161. The predicted octanol–water partition coefficient (Wildman–Crippen LogP) is 4.56. The van der Waals surface area contributed by atoms with Crippen molar-refractivity contribution < 1.29 is 14.1 Å². The van der Waals surface area contributed by atoms with Crippen molar-refractivity contribution in [2.75, 3.05) is 6.61 Å². The maximum atomic E-state index is 14.7. The summed E-state index contributed by atoms with van der Waals surface area (Å²) >= 11 is 0. The van der Waals surface area contributed by atoms with Crippen LogP contribution >= 0.6 is 7.14 Å². The molecule has 0 radical (unpaired) electrons. The molecular weight excluding hydrogens is 381 g/mol. The maximum absolute atomic E-state index is 14.7. The first-order valence-corrected chi connectivity index (χ1v) is 11.6. The van der Waals surface area contributed by atoms with Crippen molar-refractivity contribution in [1.29, 1.82) is 0 Å². The summed E-state index contributed by atoms with van der Waals surface area (Å²) in [6, 6.07) is 29.1. The lowest BCUT2D eigenvalue weighted by Crippen LogP contribution is -2.37. The summed E-state index contributed by atoms with van der Waals surface area (Å²) in [5.41, 5.74) is 1.87. The Balaban J connectivity index is 1.73. The van der Waals surface area contributed by atoms with Gasteiger partial charge in [-0.15, -0.1) is 0 Å². The zero-order chi connectivity index (χ0) is 20.1. The molecule has 0 fully saturated rings. The summed E-state index contributed by atoms with van der Waals surface area (Å²) in [6.45, 7) is 2.36. The number of hydrogen-bond acceptors (Lipinski definition) is 4. The van der Waals surface area contributed by atoms with Crippen LogP contribution in [0.2, 0.25) is 0 Å². The Morgan fingerprint density at radius 1 is 0.931 bits per heavy atom. The maximum Gasteiger partial charge on any atom is 0.174 e. The van der Waals surface area contributed by atoms with E-state index in [9.17, 15) is 4.57 Å². The van der Waals surface area contributed by atoms with Crippen LogP contribution in [0.15, 0.2) is 96.2 Å². The van der Waals surface area contributed by atoms with Gasteiger partial charge in [0.05, 0.1) is 5.71 Å². The van der Waals surface area contributed by atoms with Crippen LogP contribution in [0, 0.1) is 0 Å². The van der Waals surface area contributed by atoms with Gasteiger partial charge in [0.1, 0.15) is 0 Å². The van der Waals surface area contributed by atoms with Gasteiger partial charge in [-0.3, -0.25) is 0 Å². The molecule has 1 heterocycles. The number of rotatable bonds is 7. The standard InChI is InChI=1S/C24H24NO3P/c1-2-27-24(23-18-22(25-28-23)19-12-6-3-7-13-19)29(26,20-14-8-4-9-15-20)21-16-10-5-11-17-21/h3-17,23-24H,2,18H2,1H3/t23-,24+/m1/s1. The van der Waals surface area contributed by atoms with Crippen molar-refractivity contribution in [2.45, 2.75) is 25.3 Å². The zero-order valence-corrected chi connectivity index (χ0v) is 17.2. The Morgan fingerprint density at radius 3 is 1.97 bits per heavy atom. The van der Waals surface area contributed by atoms with E-state index in [1.54, 1.807) is 0 Å². The summed E-state index contributed by atoms with van der Waals surface area (Å²) in [4.78, 5) is 5.81. The lowest BCUT2D eigenvalue weighted by Gasteiger charge is -2.31. The Labute approximate surface area is 171 Å². The third-order valence-electron chi connectivity index (χ3n) is 5.09. The highest BCUT2D eigenvalue weighted by atomic mass is 31.2. The van der Waals surface area contributed by atoms with Crippen LogP contribution in [0.25, 0.3) is 0 Å². The summed E-state index contributed by atoms with van der Waals surface area (Å²) in [5, 5.41) is 5.84.